The zero-order valence-electron chi connectivity index (χ0n) is 13.9. The van der Waals surface area contributed by atoms with Gasteiger partial charge in [0.2, 0.25) is 5.91 Å². The number of rotatable bonds is 4. The summed E-state index contributed by atoms with van der Waals surface area (Å²) in [5.74, 6) is -0.329. The third-order valence-electron chi connectivity index (χ3n) is 4.42. The maximum Gasteiger partial charge on any atom is 0.255 e. The molecule has 4 nitrogen and oxygen atoms in total. The van der Waals surface area contributed by atoms with Gasteiger partial charge in [-0.3, -0.25) is 9.59 Å². The first-order chi connectivity index (χ1) is 12.0. The number of likely N-dealkylation sites (N-methyl/N-ethyl adjacent to an activating group) is 1. The van der Waals surface area contributed by atoms with Crippen molar-refractivity contribution in [1.82, 2.24) is 10.2 Å². The molecule has 0 saturated carbocycles. The molecule has 0 radical (unpaired) electrons. The second-order valence-electron chi connectivity index (χ2n) is 5.94. The molecule has 3 rings (SSSR count). The average Bonchev–Trinajstić information content (AvgIpc) is 2.87. The predicted octanol–water partition coefficient (Wildman–Crippen LogP) is 4.34. The van der Waals surface area contributed by atoms with E-state index < -0.39 is 6.04 Å². The molecule has 1 aliphatic heterocycles. The second kappa shape index (κ2) is 7.33. The monoisotopic (exact) mass is 468 g/mol. The smallest absolute Gasteiger partial charge is 0.255 e. The van der Waals surface area contributed by atoms with Gasteiger partial charge >= 0.3 is 0 Å². The summed E-state index contributed by atoms with van der Waals surface area (Å²) in [6.07, 6.45) is 0. The highest BCUT2D eigenvalue weighted by molar-refractivity contribution is 14.1. The Morgan fingerprint density at radius 2 is 2.04 bits per heavy atom. The molecule has 0 saturated heterocycles. The Kier molecular flexibility index (Phi) is 5.34. The van der Waals surface area contributed by atoms with E-state index in [1.807, 2.05) is 38.1 Å². The van der Waals surface area contributed by atoms with Gasteiger partial charge in [0.15, 0.2) is 0 Å². The van der Waals surface area contributed by atoms with E-state index in [1.165, 1.54) is 0 Å². The summed E-state index contributed by atoms with van der Waals surface area (Å²) >= 11 is 8.38. The lowest BCUT2D eigenvalue weighted by Gasteiger charge is -2.31. The van der Waals surface area contributed by atoms with Crippen LogP contribution in [0.25, 0.3) is 0 Å². The van der Waals surface area contributed by atoms with Gasteiger partial charge in [0, 0.05) is 20.7 Å². The Morgan fingerprint density at radius 1 is 1.32 bits per heavy atom. The molecule has 1 N–H and O–H groups in total. The lowest BCUT2D eigenvalue weighted by Crippen LogP contribution is -2.40. The molecule has 1 heterocycles. The molecule has 2 atom stereocenters. The van der Waals surface area contributed by atoms with Gasteiger partial charge in [0.25, 0.3) is 5.91 Å². The Balaban J connectivity index is 2.09. The molecule has 6 heteroatoms. The summed E-state index contributed by atoms with van der Waals surface area (Å²) in [7, 11) is 0. The number of nitrogens with one attached hydrogen (secondary N) is 1. The van der Waals surface area contributed by atoms with Crippen LogP contribution in [-0.2, 0) is 4.79 Å². The van der Waals surface area contributed by atoms with E-state index in [9.17, 15) is 9.59 Å². The highest BCUT2D eigenvalue weighted by Crippen LogP contribution is 2.41. The van der Waals surface area contributed by atoms with E-state index >= 15 is 0 Å². The summed E-state index contributed by atoms with van der Waals surface area (Å²) in [4.78, 5) is 27.5. The van der Waals surface area contributed by atoms with Crippen molar-refractivity contribution in [3.8, 4) is 0 Å². The minimum absolute atomic E-state index is 0.143. The van der Waals surface area contributed by atoms with Crippen LogP contribution in [0.15, 0.2) is 42.5 Å². The van der Waals surface area contributed by atoms with E-state index in [0.717, 1.165) is 9.13 Å². The Morgan fingerprint density at radius 3 is 2.72 bits per heavy atom. The Labute approximate surface area is 165 Å². The maximum atomic E-state index is 13.1. The highest BCUT2D eigenvalue weighted by Gasteiger charge is 2.43. The molecule has 1 unspecified atom stereocenters. The van der Waals surface area contributed by atoms with E-state index in [1.54, 1.807) is 23.1 Å². The minimum Gasteiger partial charge on any atom is -0.354 e. The van der Waals surface area contributed by atoms with Crippen LogP contribution in [0.2, 0.25) is 5.02 Å². The molecular formula is C19H18ClIN2O2. The third-order valence-corrected chi connectivity index (χ3v) is 5.64. The van der Waals surface area contributed by atoms with Gasteiger partial charge in [-0.1, -0.05) is 29.8 Å². The molecule has 2 amide bonds. The van der Waals surface area contributed by atoms with Crippen LogP contribution in [0.4, 0.5) is 0 Å². The van der Waals surface area contributed by atoms with Gasteiger partial charge in [-0.15, -0.1) is 0 Å². The van der Waals surface area contributed by atoms with Crippen molar-refractivity contribution in [2.75, 3.05) is 6.54 Å². The van der Waals surface area contributed by atoms with Crippen LogP contribution >= 0.6 is 34.2 Å². The van der Waals surface area contributed by atoms with Crippen molar-refractivity contribution >= 4 is 46.0 Å². The van der Waals surface area contributed by atoms with Crippen molar-refractivity contribution in [3.63, 3.8) is 0 Å². The van der Waals surface area contributed by atoms with Crippen LogP contribution in [0.5, 0.6) is 0 Å². The summed E-state index contributed by atoms with van der Waals surface area (Å²) in [5.41, 5.74) is 2.23. The number of carbonyl (C=O) groups is 2. The van der Waals surface area contributed by atoms with Crippen LogP contribution < -0.4 is 5.32 Å². The van der Waals surface area contributed by atoms with E-state index in [4.69, 9.17) is 11.6 Å². The zero-order valence-corrected chi connectivity index (χ0v) is 16.8. The number of carbonyl (C=O) groups excluding carboxylic acids is 2. The van der Waals surface area contributed by atoms with E-state index in [2.05, 4.69) is 27.9 Å². The number of benzene rings is 2. The molecule has 0 fully saturated rings. The van der Waals surface area contributed by atoms with Crippen molar-refractivity contribution in [2.45, 2.75) is 25.9 Å². The predicted molar refractivity (Wildman–Crippen MR) is 107 cm³/mol. The van der Waals surface area contributed by atoms with Gasteiger partial charge < -0.3 is 10.2 Å². The number of nitrogens with zero attached hydrogens (tertiary/aromatic N) is 1. The van der Waals surface area contributed by atoms with Crippen molar-refractivity contribution < 1.29 is 9.59 Å². The molecule has 2 aromatic rings. The number of amides is 2. The van der Waals surface area contributed by atoms with Crippen LogP contribution in [0, 0.1) is 3.57 Å². The summed E-state index contributed by atoms with van der Waals surface area (Å²) in [5, 5.41) is 3.36. The van der Waals surface area contributed by atoms with E-state index in [0.29, 0.717) is 22.7 Å². The number of halogens is 2. The van der Waals surface area contributed by atoms with Crippen molar-refractivity contribution in [1.29, 1.82) is 0 Å². The number of hydrogen-bond donors (Lipinski definition) is 1. The third kappa shape index (κ3) is 3.27. The topological polar surface area (TPSA) is 49.4 Å². The van der Waals surface area contributed by atoms with Gasteiger partial charge in [-0.05, 0) is 71.8 Å². The minimum atomic E-state index is -0.674. The molecule has 0 bridgehead atoms. The molecule has 0 aliphatic carbocycles. The van der Waals surface area contributed by atoms with Gasteiger partial charge in [-0.25, -0.2) is 0 Å². The molecule has 1 aliphatic rings. The average molecular weight is 469 g/mol. The van der Waals surface area contributed by atoms with Gasteiger partial charge in [0.1, 0.15) is 6.04 Å². The molecule has 130 valence electrons. The number of hydrogen-bond acceptors (Lipinski definition) is 2. The molecule has 2 aromatic carbocycles. The number of fused-ring (bicyclic) bond motifs is 1. The largest absolute Gasteiger partial charge is 0.354 e. The highest BCUT2D eigenvalue weighted by atomic mass is 127. The van der Waals surface area contributed by atoms with Crippen molar-refractivity contribution in [2.24, 2.45) is 0 Å². The summed E-state index contributed by atoms with van der Waals surface area (Å²) in [6.45, 7) is 4.32. The normalized spacial score (nSPS) is 17.4. The standard InChI is InChI=1S/C19H18ClIN2O2/c1-3-22-18(24)17-15-10-12(20)8-9-14(15)19(25)23(17)11(2)13-6-4-5-7-16(13)21/h4-11,17H,3H2,1-2H3,(H,22,24)/t11-,17?/m1/s1. The summed E-state index contributed by atoms with van der Waals surface area (Å²) < 4.78 is 1.06. The lowest BCUT2D eigenvalue weighted by molar-refractivity contribution is -0.126. The first kappa shape index (κ1) is 18.2. The fraction of sp³-hybridized carbons (Fsp3) is 0.263. The van der Waals surface area contributed by atoms with E-state index in [-0.39, 0.29) is 17.9 Å². The Bertz CT molecular complexity index is 840. The van der Waals surface area contributed by atoms with Crippen molar-refractivity contribution in [3.05, 3.63) is 67.7 Å². The van der Waals surface area contributed by atoms with Crippen LogP contribution in [-0.4, -0.2) is 23.3 Å². The zero-order chi connectivity index (χ0) is 18.1. The SMILES string of the molecule is CCNC(=O)C1c2cc(Cl)ccc2C(=O)N1[C@H](C)c1ccccc1I. The van der Waals surface area contributed by atoms with Gasteiger partial charge in [-0.2, -0.15) is 0 Å². The van der Waals surface area contributed by atoms with Crippen LogP contribution in [0.1, 0.15) is 47.4 Å². The molecular weight excluding hydrogens is 451 g/mol. The first-order valence-electron chi connectivity index (χ1n) is 8.10. The first-order valence-corrected chi connectivity index (χ1v) is 9.55. The molecule has 0 spiro atoms. The van der Waals surface area contributed by atoms with Gasteiger partial charge in [0.05, 0.1) is 6.04 Å². The fourth-order valence-corrected chi connectivity index (χ4v) is 4.28. The maximum absolute atomic E-state index is 13.1. The fourth-order valence-electron chi connectivity index (χ4n) is 3.26. The quantitative estimate of drug-likeness (QED) is 0.679. The lowest BCUT2D eigenvalue weighted by atomic mass is 10.0. The second-order valence-corrected chi connectivity index (χ2v) is 7.54. The molecule has 0 aromatic heterocycles. The Hall–Kier alpha value is -1.60. The van der Waals surface area contributed by atoms with Crippen LogP contribution in [0.3, 0.4) is 0 Å². The molecule has 25 heavy (non-hydrogen) atoms. The summed E-state index contributed by atoms with van der Waals surface area (Å²) in [6, 6.07) is 12.1.